The van der Waals surface area contributed by atoms with Crippen molar-refractivity contribution in [3.8, 4) is 0 Å². The van der Waals surface area contributed by atoms with Gasteiger partial charge in [-0.1, -0.05) is 0 Å². The number of amides is 1. The Morgan fingerprint density at radius 3 is 2.95 bits per heavy atom. The molecule has 0 saturated carbocycles. The summed E-state index contributed by atoms with van der Waals surface area (Å²) in [5, 5.41) is 2.96. The maximum Gasteiger partial charge on any atom is 0.260 e. The van der Waals surface area contributed by atoms with Crippen LogP contribution in [-0.2, 0) is 12.8 Å². The third kappa shape index (κ3) is 2.35. The van der Waals surface area contributed by atoms with E-state index >= 15 is 0 Å². The van der Waals surface area contributed by atoms with E-state index in [9.17, 15) is 13.6 Å². The molecule has 6 heteroatoms. The Hall–Kier alpha value is -1.82. The molecule has 0 spiro atoms. The van der Waals surface area contributed by atoms with E-state index in [1.807, 2.05) is 0 Å². The number of anilines is 1. The van der Waals surface area contributed by atoms with Crippen LogP contribution in [0.1, 0.15) is 27.3 Å². The van der Waals surface area contributed by atoms with E-state index in [2.05, 4.69) is 10.3 Å². The average Bonchev–Trinajstić information content (AvgIpc) is 2.92. The normalized spacial score (nSPS) is 13.4. The van der Waals surface area contributed by atoms with Gasteiger partial charge in [-0.05, 0) is 37.5 Å². The molecule has 1 aromatic carbocycles. The summed E-state index contributed by atoms with van der Waals surface area (Å²) in [5.41, 5.74) is 0.690. The molecule has 98 valence electrons. The number of thiazole rings is 1. The van der Waals surface area contributed by atoms with Gasteiger partial charge >= 0.3 is 0 Å². The number of fused-ring (bicyclic) bond motifs is 1. The Morgan fingerprint density at radius 2 is 2.16 bits per heavy atom. The van der Waals surface area contributed by atoms with Crippen molar-refractivity contribution in [2.45, 2.75) is 19.3 Å². The minimum Gasteiger partial charge on any atom is -0.298 e. The number of benzene rings is 1. The summed E-state index contributed by atoms with van der Waals surface area (Å²) in [6, 6.07) is 2.79. The summed E-state index contributed by atoms with van der Waals surface area (Å²) in [7, 11) is 0. The van der Waals surface area contributed by atoms with Crippen LogP contribution in [0.2, 0.25) is 0 Å². The molecule has 19 heavy (non-hydrogen) atoms. The molecule has 0 atom stereocenters. The third-order valence-electron chi connectivity index (χ3n) is 2.99. The van der Waals surface area contributed by atoms with Crippen LogP contribution in [0.5, 0.6) is 0 Å². The number of aryl methyl sites for hydroxylation is 2. The highest BCUT2D eigenvalue weighted by Crippen LogP contribution is 2.30. The van der Waals surface area contributed by atoms with Crippen molar-refractivity contribution in [3.63, 3.8) is 0 Å². The van der Waals surface area contributed by atoms with E-state index in [0.29, 0.717) is 5.13 Å². The molecule has 0 radical (unpaired) electrons. The molecule has 0 bridgehead atoms. The van der Waals surface area contributed by atoms with Crippen LogP contribution in [0.15, 0.2) is 18.2 Å². The molecule has 0 saturated heterocycles. The molecule has 1 aliphatic rings. The largest absolute Gasteiger partial charge is 0.298 e. The van der Waals surface area contributed by atoms with Gasteiger partial charge in [0, 0.05) is 4.88 Å². The summed E-state index contributed by atoms with van der Waals surface area (Å²) in [6.45, 7) is 0. The van der Waals surface area contributed by atoms with Crippen LogP contribution < -0.4 is 5.32 Å². The number of hydrogen-bond acceptors (Lipinski definition) is 3. The Kier molecular flexibility index (Phi) is 3.02. The van der Waals surface area contributed by atoms with Crippen LogP contribution in [0, 0.1) is 11.6 Å². The van der Waals surface area contributed by atoms with Crippen molar-refractivity contribution in [1.82, 2.24) is 4.98 Å². The molecular formula is C13H10F2N2OS. The Labute approximate surface area is 112 Å². The zero-order chi connectivity index (χ0) is 13.4. The molecule has 3 rings (SSSR count). The van der Waals surface area contributed by atoms with Crippen LogP contribution >= 0.6 is 11.3 Å². The maximum atomic E-state index is 13.4. The van der Waals surface area contributed by atoms with Crippen LogP contribution in [-0.4, -0.2) is 10.9 Å². The van der Waals surface area contributed by atoms with Gasteiger partial charge in [0.2, 0.25) is 0 Å². The second-order valence-electron chi connectivity index (χ2n) is 4.32. The number of nitrogens with one attached hydrogen (secondary N) is 1. The topological polar surface area (TPSA) is 42.0 Å². The zero-order valence-electron chi connectivity index (χ0n) is 9.87. The summed E-state index contributed by atoms with van der Waals surface area (Å²) in [5.74, 6) is -2.07. The van der Waals surface area contributed by atoms with Gasteiger partial charge in [-0.3, -0.25) is 10.1 Å². The van der Waals surface area contributed by atoms with E-state index in [1.165, 1.54) is 11.3 Å². The molecular weight excluding hydrogens is 270 g/mol. The van der Waals surface area contributed by atoms with Gasteiger partial charge in [-0.2, -0.15) is 0 Å². The first-order valence-corrected chi connectivity index (χ1v) is 6.70. The Bertz CT molecular complexity index is 633. The van der Waals surface area contributed by atoms with Crippen LogP contribution in [0.25, 0.3) is 0 Å². The SMILES string of the molecule is O=C(Nc1nc2c(s1)CCC2)c1cc(F)ccc1F. The number of nitrogens with zero attached hydrogens (tertiary/aromatic N) is 1. The number of hydrogen-bond donors (Lipinski definition) is 1. The van der Waals surface area contributed by atoms with Gasteiger partial charge in [-0.25, -0.2) is 13.8 Å². The van der Waals surface area contributed by atoms with Crippen LogP contribution in [0.4, 0.5) is 13.9 Å². The number of aromatic nitrogens is 1. The minimum absolute atomic E-state index is 0.310. The van der Waals surface area contributed by atoms with Crippen molar-refractivity contribution in [3.05, 3.63) is 46.0 Å². The lowest BCUT2D eigenvalue weighted by Crippen LogP contribution is -2.14. The van der Waals surface area contributed by atoms with Gasteiger partial charge in [0.25, 0.3) is 5.91 Å². The molecule has 0 aliphatic heterocycles. The van der Waals surface area contributed by atoms with Crippen molar-refractivity contribution < 1.29 is 13.6 Å². The predicted octanol–water partition coefficient (Wildman–Crippen LogP) is 3.16. The molecule has 3 nitrogen and oxygen atoms in total. The summed E-state index contributed by atoms with van der Waals surface area (Å²) in [6.07, 6.45) is 2.97. The fraction of sp³-hybridized carbons (Fsp3) is 0.231. The minimum atomic E-state index is -0.747. The quantitative estimate of drug-likeness (QED) is 0.918. The van der Waals surface area contributed by atoms with E-state index < -0.39 is 17.5 Å². The number of carbonyl (C=O) groups excluding carboxylic acids is 1. The van der Waals surface area contributed by atoms with Crippen molar-refractivity contribution >= 4 is 22.4 Å². The van der Waals surface area contributed by atoms with Gasteiger partial charge in [0.05, 0.1) is 11.3 Å². The maximum absolute atomic E-state index is 13.4. The smallest absolute Gasteiger partial charge is 0.260 e. The van der Waals surface area contributed by atoms with Crippen molar-refractivity contribution in [2.24, 2.45) is 0 Å². The second-order valence-corrected chi connectivity index (χ2v) is 5.40. The first-order chi connectivity index (χ1) is 9.13. The first kappa shape index (κ1) is 12.2. The van der Waals surface area contributed by atoms with Gasteiger partial charge in [0.1, 0.15) is 11.6 Å². The lowest BCUT2D eigenvalue weighted by molar-refractivity contribution is 0.102. The van der Waals surface area contributed by atoms with E-state index in [1.54, 1.807) is 0 Å². The van der Waals surface area contributed by atoms with E-state index in [-0.39, 0.29) is 5.56 Å². The first-order valence-electron chi connectivity index (χ1n) is 5.88. The standard InChI is InChI=1S/C13H10F2N2OS/c14-7-4-5-9(15)8(6-7)12(18)17-13-16-10-2-1-3-11(10)19-13/h4-6H,1-3H2,(H,16,17,18). The van der Waals surface area contributed by atoms with E-state index in [0.717, 1.165) is 48.0 Å². The van der Waals surface area contributed by atoms with Gasteiger partial charge < -0.3 is 0 Å². The molecule has 1 amide bonds. The number of carbonyl (C=O) groups is 1. The molecule has 1 aromatic heterocycles. The van der Waals surface area contributed by atoms with Gasteiger partial charge in [-0.15, -0.1) is 11.3 Å². The van der Waals surface area contributed by atoms with Crippen LogP contribution in [0.3, 0.4) is 0 Å². The molecule has 2 aromatic rings. The Balaban J connectivity index is 1.82. The lowest BCUT2D eigenvalue weighted by Gasteiger charge is -2.03. The fourth-order valence-corrected chi connectivity index (χ4v) is 3.12. The van der Waals surface area contributed by atoms with E-state index in [4.69, 9.17) is 0 Å². The predicted molar refractivity (Wildman–Crippen MR) is 68.5 cm³/mol. The Morgan fingerprint density at radius 1 is 1.32 bits per heavy atom. The molecule has 1 heterocycles. The second kappa shape index (κ2) is 4.70. The summed E-state index contributed by atoms with van der Waals surface area (Å²) in [4.78, 5) is 17.3. The highest BCUT2D eigenvalue weighted by molar-refractivity contribution is 7.15. The lowest BCUT2D eigenvalue weighted by atomic mass is 10.2. The highest BCUT2D eigenvalue weighted by Gasteiger charge is 2.19. The average molecular weight is 280 g/mol. The molecule has 0 unspecified atom stereocenters. The van der Waals surface area contributed by atoms with Crippen molar-refractivity contribution in [2.75, 3.05) is 5.32 Å². The fourth-order valence-electron chi connectivity index (χ4n) is 2.08. The highest BCUT2D eigenvalue weighted by atomic mass is 32.1. The molecule has 0 fully saturated rings. The monoisotopic (exact) mass is 280 g/mol. The zero-order valence-corrected chi connectivity index (χ0v) is 10.7. The molecule has 1 aliphatic carbocycles. The summed E-state index contributed by atoms with van der Waals surface area (Å²) < 4.78 is 26.5. The number of halogens is 2. The third-order valence-corrected chi connectivity index (χ3v) is 4.06. The molecule has 1 N–H and O–H groups in total. The number of rotatable bonds is 2. The van der Waals surface area contributed by atoms with Crippen molar-refractivity contribution in [1.29, 1.82) is 0 Å². The van der Waals surface area contributed by atoms with Gasteiger partial charge in [0.15, 0.2) is 5.13 Å². The summed E-state index contributed by atoms with van der Waals surface area (Å²) >= 11 is 1.40.